The summed E-state index contributed by atoms with van der Waals surface area (Å²) in [5.74, 6) is 0. The average Bonchev–Trinajstić information content (AvgIpc) is 3.00. The minimum absolute atomic E-state index is 0.136. The zero-order valence-electron chi connectivity index (χ0n) is 11.9. The zero-order valence-corrected chi connectivity index (χ0v) is 13.5. The molecule has 114 valence electrons. The predicted octanol–water partition coefficient (Wildman–Crippen LogP) is 1.90. The molecular formula is C14H19N3O2S2. The van der Waals surface area contributed by atoms with Crippen LogP contribution in [0.25, 0.3) is 0 Å². The van der Waals surface area contributed by atoms with Crippen molar-refractivity contribution in [1.29, 1.82) is 0 Å². The second kappa shape index (κ2) is 5.57. The van der Waals surface area contributed by atoms with Crippen molar-refractivity contribution in [2.75, 3.05) is 0 Å². The first-order valence-corrected chi connectivity index (χ1v) is 9.29. The number of rotatable bonds is 6. The van der Waals surface area contributed by atoms with Gasteiger partial charge in [0.1, 0.15) is 4.90 Å². The summed E-state index contributed by atoms with van der Waals surface area (Å²) in [5.41, 5.74) is 7.50. The number of hydrogen-bond donors (Lipinski definition) is 1. The molecule has 0 bridgehead atoms. The van der Waals surface area contributed by atoms with Crippen LogP contribution in [-0.2, 0) is 30.2 Å². The van der Waals surface area contributed by atoms with Crippen LogP contribution in [0.3, 0.4) is 0 Å². The van der Waals surface area contributed by atoms with Crippen molar-refractivity contribution in [2.45, 2.75) is 36.9 Å². The van der Waals surface area contributed by atoms with E-state index in [1.165, 1.54) is 0 Å². The molecular weight excluding hydrogens is 306 g/mol. The minimum atomic E-state index is -3.46. The Hall–Kier alpha value is -1.15. The van der Waals surface area contributed by atoms with Crippen LogP contribution < -0.4 is 5.73 Å². The summed E-state index contributed by atoms with van der Waals surface area (Å²) < 4.78 is 29.2. The van der Waals surface area contributed by atoms with E-state index in [2.05, 4.69) is 0 Å². The van der Waals surface area contributed by atoms with Crippen molar-refractivity contribution in [1.82, 2.24) is 8.87 Å². The molecule has 5 nitrogen and oxygen atoms in total. The van der Waals surface area contributed by atoms with E-state index >= 15 is 0 Å². The van der Waals surface area contributed by atoms with Gasteiger partial charge in [0.15, 0.2) is 0 Å². The Morgan fingerprint density at radius 1 is 1.48 bits per heavy atom. The molecule has 0 aromatic carbocycles. The van der Waals surface area contributed by atoms with Crippen LogP contribution >= 0.6 is 11.3 Å². The van der Waals surface area contributed by atoms with Gasteiger partial charge in [-0.25, -0.2) is 8.42 Å². The normalized spacial score (nSPS) is 15.8. The SMILES string of the molecule is Cn1cc(S(=O)(=O)N(Cc2ccsc2)C2CC2)cc1CN. The fourth-order valence-electron chi connectivity index (χ4n) is 2.39. The van der Waals surface area contributed by atoms with Gasteiger partial charge < -0.3 is 10.3 Å². The number of nitrogens with two attached hydrogens (primary N) is 1. The van der Waals surface area contributed by atoms with Crippen molar-refractivity contribution in [3.8, 4) is 0 Å². The van der Waals surface area contributed by atoms with Crippen LogP contribution in [0.15, 0.2) is 34.0 Å². The molecule has 0 saturated heterocycles. The Bertz CT molecular complexity index is 715. The Morgan fingerprint density at radius 3 is 2.76 bits per heavy atom. The van der Waals surface area contributed by atoms with E-state index in [9.17, 15) is 8.42 Å². The first-order valence-electron chi connectivity index (χ1n) is 6.90. The molecule has 2 N–H and O–H groups in total. The first-order chi connectivity index (χ1) is 10.0. The molecule has 2 aromatic heterocycles. The molecule has 7 heteroatoms. The van der Waals surface area contributed by atoms with Crippen molar-refractivity contribution < 1.29 is 8.42 Å². The van der Waals surface area contributed by atoms with Gasteiger partial charge in [0.05, 0.1) is 0 Å². The van der Waals surface area contributed by atoms with Gasteiger partial charge >= 0.3 is 0 Å². The summed E-state index contributed by atoms with van der Waals surface area (Å²) in [6.45, 7) is 0.781. The van der Waals surface area contributed by atoms with Gasteiger partial charge in [0, 0.05) is 38.1 Å². The molecule has 1 aliphatic rings. The van der Waals surface area contributed by atoms with Crippen LogP contribution in [0.1, 0.15) is 24.1 Å². The lowest BCUT2D eigenvalue weighted by Gasteiger charge is -2.20. The average molecular weight is 325 g/mol. The topological polar surface area (TPSA) is 68.3 Å². The lowest BCUT2D eigenvalue weighted by Crippen LogP contribution is -2.32. The third kappa shape index (κ3) is 2.91. The lowest BCUT2D eigenvalue weighted by molar-refractivity contribution is 0.399. The fourth-order valence-corrected chi connectivity index (χ4v) is 4.82. The molecule has 0 unspecified atom stereocenters. The molecule has 0 spiro atoms. The monoisotopic (exact) mass is 325 g/mol. The Balaban J connectivity index is 1.93. The van der Waals surface area contributed by atoms with Crippen LogP contribution in [0.4, 0.5) is 0 Å². The number of sulfonamides is 1. The zero-order chi connectivity index (χ0) is 15.0. The van der Waals surface area contributed by atoms with E-state index in [0.29, 0.717) is 18.0 Å². The third-order valence-electron chi connectivity index (χ3n) is 3.77. The standard InChI is InChI=1S/C14H19N3O2S2/c1-16-9-14(6-13(16)7-15)21(18,19)17(12-2-3-12)8-11-4-5-20-10-11/h4-6,9-10,12H,2-3,7-8,15H2,1H3. The number of hydrogen-bond acceptors (Lipinski definition) is 4. The molecule has 1 aliphatic carbocycles. The van der Waals surface area contributed by atoms with Crippen molar-refractivity contribution in [3.63, 3.8) is 0 Å². The molecule has 0 atom stereocenters. The largest absolute Gasteiger partial charge is 0.352 e. The molecule has 0 radical (unpaired) electrons. The van der Waals surface area contributed by atoms with E-state index in [1.807, 2.05) is 23.9 Å². The first kappa shape index (κ1) is 14.8. The second-order valence-corrected chi connectivity index (χ2v) is 8.07. The quantitative estimate of drug-likeness (QED) is 0.882. The maximum Gasteiger partial charge on any atom is 0.245 e. The van der Waals surface area contributed by atoms with Crippen LogP contribution in [-0.4, -0.2) is 23.3 Å². The molecule has 21 heavy (non-hydrogen) atoms. The summed E-state index contributed by atoms with van der Waals surface area (Å²) in [7, 11) is -1.64. The van der Waals surface area contributed by atoms with Crippen LogP contribution in [0, 0.1) is 0 Å². The van der Waals surface area contributed by atoms with E-state index in [1.54, 1.807) is 32.5 Å². The lowest BCUT2D eigenvalue weighted by atomic mass is 10.3. The molecule has 0 amide bonds. The Labute approximate surface area is 129 Å². The molecule has 1 saturated carbocycles. The van der Waals surface area contributed by atoms with Gasteiger partial charge in [-0.05, 0) is 41.3 Å². The fraction of sp³-hybridized carbons (Fsp3) is 0.429. The summed E-state index contributed by atoms with van der Waals surface area (Å²) in [4.78, 5) is 0.340. The number of aryl methyl sites for hydroxylation is 1. The summed E-state index contributed by atoms with van der Waals surface area (Å²) >= 11 is 1.59. The number of thiophene rings is 1. The molecule has 3 rings (SSSR count). The highest BCUT2D eigenvalue weighted by molar-refractivity contribution is 7.89. The summed E-state index contributed by atoms with van der Waals surface area (Å²) in [5, 5.41) is 3.98. The highest BCUT2D eigenvalue weighted by atomic mass is 32.2. The number of aromatic nitrogens is 1. The van der Waals surface area contributed by atoms with Gasteiger partial charge in [-0.1, -0.05) is 0 Å². The number of nitrogens with zero attached hydrogens (tertiary/aromatic N) is 2. The smallest absolute Gasteiger partial charge is 0.245 e. The maximum absolute atomic E-state index is 12.9. The van der Waals surface area contributed by atoms with Crippen LogP contribution in [0.5, 0.6) is 0 Å². The Kier molecular flexibility index (Phi) is 3.92. The van der Waals surface area contributed by atoms with Crippen molar-refractivity contribution >= 4 is 21.4 Å². The summed E-state index contributed by atoms with van der Waals surface area (Å²) in [6.07, 6.45) is 3.54. The van der Waals surface area contributed by atoms with Crippen molar-refractivity contribution in [2.24, 2.45) is 12.8 Å². The third-order valence-corrected chi connectivity index (χ3v) is 6.37. The van der Waals surface area contributed by atoms with Gasteiger partial charge in [0.25, 0.3) is 0 Å². The molecule has 1 fully saturated rings. The van der Waals surface area contributed by atoms with Gasteiger partial charge in [-0.2, -0.15) is 15.6 Å². The molecule has 2 heterocycles. The van der Waals surface area contributed by atoms with Gasteiger partial charge in [-0.15, -0.1) is 0 Å². The van der Waals surface area contributed by atoms with E-state index in [-0.39, 0.29) is 6.04 Å². The van der Waals surface area contributed by atoms with E-state index in [0.717, 1.165) is 24.1 Å². The van der Waals surface area contributed by atoms with E-state index in [4.69, 9.17) is 5.73 Å². The minimum Gasteiger partial charge on any atom is -0.352 e. The second-order valence-electron chi connectivity index (χ2n) is 5.40. The highest BCUT2D eigenvalue weighted by Crippen LogP contribution is 2.34. The van der Waals surface area contributed by atoms with Crippen LogP contribution in [0.2, 0.25) is 0 Å². The summed E-state index contributed by atoms with van der Waals surface area (Å²) in [6, 6.07) is 3.79. The predicted molar refractivity (Wildman–Crippen MR) is 83.4 cm³/mol. The Morgan fingerprint density at radius 2 is 2.24 bits per heavy atom. The maximum atomic E-state index is 12.9. The van der Waals surface area contributed by atoms with Gasteiger partial charge in [0.2, 0.25) is 10.0 Å². The van der Waals surface area contributed by atoms with Crippen molar-refractivity contribution in [3.05, 3.63) is 40.3 Å². The highest BCUT2D eigenvalue weighted by Gasteiger charge is 2.38. The molecule has 2 aromatic rings. The molecule has 0 aliphatic heterocycles. The van der Waals surface area contributed by atoms with E-state index < -0.39 is 10.0 Å². The van der Waals surface area contributed by atoms with Gasteiger partial charge in [-0.3, -0.25) is 0 Å².